The van der Waals surface area contributed by atoms with Crippen LogP contribution >= 0.6 is 0 Å². The molecule has 18 nitrogen and oxygen atoms in total. The zero-order chi connectivity index (χ0) is 55.8. The highest BCUT2D eigenvalue weighted by Crippen LogP contribution is 2.37. The van der Waals surface area contributed by atoms with Crippen molar-refractivity contribution in [1.29, 1.82) is 0 Å². The van der Waals surface area contributed by atoms with Crippen molar-refractivity contribution in [1.82, 2.24) is 0 Å². The van der Waals surface area contributed by atoms with E-state index in [9.17, 15) is 33.6 Å². The van der Waals surface area contributed by atoms with E-state index < -0.39 is 116 Å². The second-order valence-corrected chi connectivity index (χ2v) is 18.0. The lowest BCUT2D eigenvalue weighted by molar-refractivity contribution is -0.354. The quantitative estimate of drug-likeness (QED) is 0.0549. The highest BCUT2D eigenvalue weighted by molar-refractivity contribution is 5.93. The Kier molecular flexibility index (Phi) is 18.6. The topological polar surface area (TPSA) is 221 Å². The fourth-order valence-electron chi connectivity index (χ4n) is 8.77. The van der Waals surface area contributed by atoms with Crippen LogP contribution < -0.4 is 0 Å². The zero-order valence-electron chi connectivity index (χ0n) is 42.7. The molecule has 2 aliphatic rings. The largest absolute Gasteiger partial charge is 0.459 e. The monoisotopic (exact) mass is 1080 g/mol. The SMILES string of the molecule is CO[C@H]1O[C@H](COC(=O)c2ccccc2)[C@@H](O[C@@H]2O[C@H](COC(=O)c3ccccc3)[C@@H](OC(=O)c3ccccc3)[C@H](OC(=O)c3ccccc3)[C@H]2OC(=O)c2ccccc2)[C@H](OC(=O)c2ccccc2)[C@@H]1OC(=O)c1ccccc1. The molecule has 10 atom stereocenters. The number of hydrogen-bond donors (Lipinski definition) is 0. The minimum Gasteiger partial charge on any atom is -0.459 e. The van der Waals surface area contributed by atoms with Crippen LogP contribution in [0.3, 0.4) is 0 Å². The van der Waals surface area contributed by atoms with E-state index in [1.165, 1.54) is 92.0 Å². The van der Waals surface area contributed by atoms with E-state index in [-0.39, 0.29) is 38.9 Å². The van der Waals surface area contributed by atoms with Crippen molar-refractivity contribution in [3.63, 3.8) is 0 Å². The summed E-state index contributed by atoms with van der Waals surface area (Å²) in [6.45, 7) is -1.39. The number of hydrogen-bond acceptors (Lipinski definition) is 18. The Morgan fingerprint density at radius 3 is 0.850 bits per heavy atom. The molecule has 408 valence electrons. The molecule has 2 aliphatic heterocycles. The second kappa shape index (κ2) is 26.8. The number of methoxy groups -OCH3 is 1. The number of rotatable bonds is 19. The molecule has 9 rings (SSSR count). The second-order valence-electron chi connectivity index (χ2n) is 18.0. The average molecular weight is 1090 g/mol. The summed E-state index contributed by atoms with van der Waals surface area (Å²) in [6.07, 6.45) is -17.7. The Balaban J connectivity index is 1.19. The molecule has 18 heteroatoms. The van der Waals surface area contributed by atoms with Crippen LogP contribution in [0.15, 0.2) is 212 Å². The van der Waals surface area contributed by atoms with Crippen LogP contribution in [0.1, 0.15) is 72.5 Å². The van der Waals surface area contributed by atoms with Gasteiger partial charge in [0.25, 0.3) is 0 Å². The van der Waals surface area contributed by atoms with Crippen molar-refractivity contribution in [2.75, 3.05) is 20.3 Å². The molecular weight excluding hydrogens is 1030 g/mol. The molecule has 80 heavy (non-hydrogen) atoms. The molecule has 0 spiro atoms. The predicted octanol–water partition coefficient (Wildman–Crippen LogP) is 8.31. The maximum atomic E-state index is 14.5. The van der Waals surface area contributed by atoms with Crippen LogP contribution in [0.4, 0.5) is 0 Å². The number of ether oxygens (including phenoxy) is 11. The maximum Gasteiger partial charge on any atom is 0.338 e. The van der Waals surface area contributed by atoms with Crippen molar-refractivity contribution >= 4 is 41.8 Å². The molecule has 7 aromatic carbocycles. The van der Waals surface area contributed by atoms with Gasteiger partial charge in [0.2, 0.25) is 0 Å². The van der Waals surface area contributed by atoms with Crippen LogP contribution in [-0.2, 0) is 52.1 Å². The van der Waals surface area contributed by atoms with Gasteiger partial charge in [0, 0.05) is 7.11 Å². The van der Waals surface area contributed by atoms with Gasteiger partial charge in [0.1, 0.15) is 31.5 Å². The summed E-state index contributed by atoms with van der Waals surface area (Å²) in [6, 6.07) is 54.9. The van der Waals surface area contributed by atoms with E-state index in [2.05, 4.69) is 0 Å². The Labute approximate surface area is 458 Å². The zero-order valence-corrected chi connectivity index (χ0v) is 42.7. The van der Waals surface area contributed by atoms with E-state index >= 15 is 0 Å². The van der Waals surface area contributed by atoms with E-state index in [0.717, 1.165) is 0 Å². The number of esters is 7. The van der Waals surface area contributed by atoms with Gasteiger partial charge in [-0.1, -0.05) is 127 Å². The lowest BCUT2D eigenvalue weighted by Gasteiger charge is -2.48. The Morgan fingerprint density at radius 1 is 0.300 bits per heavy atom. The highest BCUT2D eigenvalue weighted by Gasteiger charge is 2.58. The minimum absolute atomic E-state index is 0.00771. The Bertz CT molecular complexity index is 3190. The first-order valence-electron chi connectivity index (χ1n) is 25.3. The summed E-state index contributed by atoms with van der Waals surface area (Å²) in [5.41, 5.74) is 0.502. The summed E-state index contributed by atoms with van der Waals surface area (Å²) < 4.78 is 68.9. The fraction of sp³-hybridized carbons (Fsp3) is 0.210. The first kappa shape index (κ1) is 55.4. The molecule has 0 N–H and O–H groups in total. The third-order valence-electron chi connectivity index (χ3n) is 12.7. The van der Waals surface area contributed by atoms with Crippen LogP contribution in [0, 0.1) is 0 Å². The van der Waals surface area contributed by atoms with E-state index in [4.69, 9.17) is 52.1 Å². The van der Waals surface area contributed by atoms with Gasteiger partial charge in [0.05, 0.1) is 38.9 Å². The molecule has 0 radical (unpaired) electrons. The van der Waals surface area contributed by atoms with Crippen molar-refractivity contribution in [3.05, 3.63) is 251 Å². The number of carbonyl (C=O) groups is 7. The molecule has 0 aromatic heterocycles. The average Bonchev–Trinajstić information content (AvgIpc) is 3.71. The summed E-state index contributed by atoms with van der Waals surface area (Å²) in [4.78, 5) is 99.2. The molecule has 0 unspecified atom stereocenters. The summed E-state index contributed by atoms with van der Waals surface area (Å²) in [7, 11) is 1.24. The molecule has 2 saturated heterocycles. The predicted molar refractivity (Wildman–Crippen MR) is 281 cm³/mol. The summed E-state index contributed by atoms with van der Waals surface area (Å²) in [5.74, 6) is -6.45. The number of benzene rings is 7. The Morgan fingerprint density at radius 2 is 0.537 bits per heavy atom. The third kappa shape index (κ3) is 13.9. The summed E-state index contributed by atoms with van der Waals surface area (Å²) in [5, 5.41) is 0. The van der Waals surface area contributed by atoms with E-state index in [1.807, 2.05) is 0 Å². The summed E-state index contributed by atoms with van der Waals surface area (Å²) >= 11 is 0. The fourth-order valence-corrected chi connectivity index (χ4v) is 8.77. The van der Waals surface area contributed by atoms with Crippen molar-refractivity contribution in [3.8, 4) is 0 Å². The lowest BCUT2D eigenvalue weighted by atomic mass is 9.95. The van der Waals surface area contributed by atoms with Gasteiger partial charge in [-0.2, -0.15) is 0 Å². The van der Waals surface area contributed by atoms with Crippen LogP contribution in [0.25, 0.3) is 0 Å². The molecule has 0 amide bonds. The molecule has 7 aromatic rings. The molecule has 0 saturated carbocycles. The van der Waals surface area contributed by atoms with E-state index in [0.29, 0.717) is 0 Å². The van der Waals surface area contributed by atoms with Gasteiger partial charge < -0.3 is 52.1 Å². The number of carbonyl (C=O) groups excluding carboxylic acids is 7. The van der Waals surface area contributed by atoms with Crippen molar-refractivity contribution < 1.29 is 85.7 Å². The van der Waals surface area contributed by atoms with Crippen LogP contribution in [0.2, 0.25) is 0 Å². The molecule has 2 heterocycles. The Hall–Kier alpha value is -9.33. The normalized spacial score (nSPS) is 22.3. The van der Waals surface area contributed by atoms with Gasteiger partial charge >= 0.3 is 41.8 Å². The van der Waals surface area contributed by atoms with Gasteiger partial charge in [-0.3, -0.25) is 0 Å². The van der Waals surface area contributed by atoms with Crippen LogP contribution in [0.5, 0.6) is 0 Å². The van der Waals surface area contributed by atoms with Gasteiger partial charge in [0.15, 0.2) is 43.1 Å². The third-order valence-corrected chi connectivity index (χ3v) is 12.7. The van der Waals surface area contributed by atoms with Gasteiger partial charge in [-0.05, 0) is 84.9 Å². The minimum atomic E-state index is -2.04. The standard InChI is InChI=1S/C62H52O18/c1-70-61-52(78-59(68)44-33-19-7-20-34-44)51(77-58(67)43-31-17-6-18-32-43)49(47(73-61)38-72-55(64)40-25-11-3-12-26-40)80-62-53(79-60(69)45-35-21-8-22-36-45)50(76-57(66)42-29-15-5-16-30-42)48(75-56(65)41-27-13-4-14-28-41)46(74-62)37-71-54(63)39-23-9-2-10-24-39/h2-36,46-53,61-62H,37-38H2,1H3/t46-,47-,48-,49-,50+,51+,52+,53-,61+,62+/m1/s1. The van der Waals surface area contributed by atoms with Crippen molar-refractivity contribution in [2.24, 2.45) is 0 Å². The van der Waals surface area contributed by atoms with Gasteiger partial charge in [-0.15, -0.1) is 0 Å². The lowest BCUT2D eigenvalue weighted by Crippen LogP contribution is -2.67. The molecular formula is C62H52O18. The highest BCUT2D eigenvalue weighted by atomic mass is 16.8. The smallest absolute Gasteiger partial charge is 0.338 e. The molecule has 0 bridgehead atoms. The molecule has 2 fully saturated rings. The first-order valence-corrected chi connectivity index (χ1v) is 25.3. The molecule has 0 aliphatic carbocycles. The first-order chi connectivity index (χ1) is 39.0. The van der Waals surface area contributed by atoms with E-state index in [1.54, 1.807) is 127 Å². The van der Waals surface area contributed by atoms with Crippen molar-refractivity contribution in [2.45, 2.75) is 61.4 Å². The van der Waals surface area contributed by atoms with Gasteiger partial charge in [-0.25, -0.2) is 33.6 Å². The maximum absolute atomic E-state index is 14.5. The van der Waals surface area contributed by atoms with Crippen LogP contribution in [-0.4, -0.2) is 124 Å².